The van der Waals surface area contributed by atoms with Gasteiger partial charge in [-0.2, -0.15) is 0 Å². The van der Waals surface area contributed by atoms with Gasteiger partial charge in [-0.15, -0.1) is 0 Å². The summed E-state index contributed by atoms with van der Waals surface area (Å²) in [5.74, 6) is 0. The zero-order valence-electron chi connectivity index (χ0n) is 9.67. The lowest BCUT2D eigenvalue weighted by molar-refractivity contribution is 1.13. The monoisotopic (exact) mass is 300 g/mol. The van der Waals surface area contributed by atoms with Gasteiger partial charge in [-0.05, 0) is 36.2 Å². The Balaban J connectivity index is 2.11. The Kier molecular flexibility index (Phi) is 4.33. The molecule has 0 atom stereocenters. The minimum absolute atomic E-state index is 0.459. The molecule has 0 aliphatic rings. The van der Waals surface area contributed by atoms with Crippen LogP contribution in [0.25, 0.3) is 0 Å². The first kappa shape index (κ1) is 13.5. The fraction of sp³-hybridized carbons (Fsp3) is 0.154. The lowest BCUT2D eigenvalue weighted by atomic mass is 10.2. The van der Waals surface area contributed by atoms with E-state index in [-0.39, 0.29) is 0 Å². The normalized spacial score (nSPS) is 10.4. The molecule has 2 rings (SSSR count). The third-order valence-corrected chi connectivity index (χ3v) is 3.48. The van der Waals surface area contributed by atoms with Crippen molar-refractivity contribution in [3.8, 4) is 0 Å². The summed E-state index contributed by atoms with van der Waals surface area (Å²) in [6.07, 6.45) is 1.73. The van der Waals surface area contributed by atoms with Gasteiger partial charge in [0, 0.05) is 12.7 Å². The second-order valence-electron chi connectivity index (χ2n) is 3.95. The lowest BCUT2D eigenvalue weighted by Gasteiger charge is -2.09. The summed E-state index contributed by atoms with van der Waals surface area (Å²) in [5.41, 5.74) is 2.89. The predicted octanol–water partition coefficient (Wildman–Crippen LogP) is 4.96. The number of halogens is 3. The molecule has 94 valence electrons. The Morgan fingerprint density at radius 3 is 2.61 bits per heavy atom. The summed E-state index contributed by atoms with van der Waals surface area (Å²) in [5, 5.41) is 4.78. The van der Waals surface area contributed by atoms with Gasteiger partial charge >= 0.3 is 0 Å². The Labute approximate surface area is 121 Å². The number of hydrogen-bond donors (Lipinski definition) is 1. The number of aryl methyl sites for hydroxylation is 1. The quantitative estimate of drug-likeness (QED) is 0.810. The zero-order chi connectivity index (χ0) is 13.1. The molecule has 0 bridgehead atoms. The second-order valence-corrected chi connectivity index (χ2v) is 5.13. The molecule has 0 unspecified atom stereocenters. The largest absolute Gasteiger partial charge is 0.378 e. The maximum Gasteiger partial charge on any atom is 0.152 e. The van der Waals surface area contributed by atoms with Crippen molar-refractivity contribution in [3.63, 3.8) is 0 Å². The summed E-state index contributed by atoms with van der Waals surface area (Å²) >= 11 is 17.8. The first-order valence-electron chi connectivity index (χ1n) is 5.36. The van der Waals surface area contributed by atoms with Crippen LogP contribution in [0.15, 0.2) is 30.5 Å². The van der Waals surface area contributed by atoms with Gasteiger partial charge in [0.1, 0.15) is 0 Å². The smallest absolute Gasteiger partial charge is 0.152 e. The van der Waals surface area contributed by atoms with Crippen molar-refractivity contribution in [2.75, 3.05) is 5.32 Å². The van der Waals surface area contributed by atoms with Gasteiger partial charge in [-0.1, -0.05) is 40.9 Å². The van der Waals surface area contributed by atoms with Crippen molar-refractivity contribution in [1.82, 2.24) is 4.98 Å². The van der Waals surface area contributed by atoms with Gasteiger partial charge in [0.15, 0.2) is 5.15 Å². The number of aromatic nitrogens is 1. The molecule has 0 spiro atoms. The molecule has 0 saturated heterocycles. The Morgan fingerprint density at radius 2 is 1.89 bits per heavy atom. The summed E-state index contributed by atoms with van der Waals surface area (Å²) in [6.45, 7) is 2.58. The van der Waals surface area contributed by atoms with Gasteiger partial charge in [-0.25, -0.2) is 4.98 Å². The van der Waals surface area contributed by atoms with E-state index in [4.69, 9.17) is 34.8 Å². The average molecular weight is 302 g/mol. The van der Waals surface area contributed by atoms with Crippen LogP contribution in [0.2, 0.25) is 15.2 Å². The minimum Gasteiger partial charge on any atom is -0.378 e. The van der Waals surface area contributed by atoms with E-state index in [1.807, 2.05) is 25.1 Å². The molecule has 2 aromatic rings. The Bertz CT molecular complexity index is 570. The van der Waals surface area contributed by atoms with E-state index in [2.05, 4.69) is 10.3 Å². The van der Waals surface area contributed by atoms with Crippen LogP contribution in [-0.2, 0) is 6.54 Å². The predicted molar refractivity (Wildman–Crippen MR) is 77.8 cm³/mol. The topological polar surface area (TPSA) is 24.9 Å². The molecular formula is C13H11Cl3N2. The van der Waals surface area contributed by atoms with Crippen molar-refractivity contribution in [2.24, 2.45) is 0 Å². The fourth-order valence-electron chi connectivity index (χ4n) is 1.52. The highest BCUT2D eigenvalue weighted by Crippen LogP contribution is 2.24. The van der Waals surface area contributed by atoms with Gasteiger partial charge in [0.2, 0.25) is 0 Å². The molecule has 1 aromatic carbocycles. The lowest BCUT2D eigenvalue weighted by Crippen LogP contribution is -2.01. The fourth-order valence-corrected chi connectivity index (χ4v) is 2.01. The van der Waals surface area contributed by atoms with Crippen molar-refractivity contribution in [3.05, 3.63) is 56.8 Å². The molecule has 0 radical (unpaired) electrons. The molecule has 1 N–H and O–H groups in total. The van der Waals surface area contributed by atoms with E-state index in [1.165, 1.54) is 0 Å². The van der Waals surface area contributed by atoms with Crippen LogP contribution in [0.3, 0.4) is 0 Å². The van der Waals surface area contributed by atoms with Gasteiger partial charge < -0.3 is 5.32 Å². The summed E-state index contributed by atoms with van der Waals surface area (Å²) in [7, 11) is 0. The average Bonchev–Trinajstić information content (AvgIpc) is 2.34. The highest BCUT2D eigenvalue weighted by molar-refractivity contribution is 6.42. The van der Waals surface area contributed by atoms with Crippen LogP contribution in [0.4, 0.5) is 5.69 Å². The van der Waals surface area contributed by atoms with Crippen LogP contribution in [0, 0.1) is 6.92 Å². The van der Waals surface area contributed by atoms with E-state index >= 15 is 0 Å². The molecule has 1 heterocycles. The van der Waals surface area contributed by atoms with E-state index in [9.17, 15) is 0 Å². The number of rotatable bonds is 3. The van der Waals surface area contributed by atoms with E-state index in [0.29, 0.717) is 21.7 Å². The van der Waals surface area contributed by atoms with Crippen LogP contribution >= 0.6 is 34.8 Å². The zero-order valence-corrected chi connectivity index (χ0v) is 11.9. The third-order valence-electron chi connectivity index (χ3n) is 2.44. The van der Waals surface area contributed by atoms with Crippen molar-refractivity contribution < 1.29 is 0 Å². The number of anilines is 1. The Hall–Kier alpha value is -0.960. The molecule has 0 saturated carbocycles. The van der Waals surface area contributed by atoms with Crippen LogP contribution < -0.4 is 5.32 Å². The molecule has 0 aliphatic carbocycles. The highest BCUT2D eigenvalue weighted by atomic mass is 35.5. The third kappa shape index (κ3) is 3.29. The standard InChI is InChI=1S/C13H11Cl3N2/c1-8-4-12(13(16)18-6-8)17-7-9-2-3-10(14)11(15)5-9/h2-6,17H,7H2,1H3. The van der Waals surface area contributed by atoms with Gasteiger partial charge in [0.05, 0.1) is 15.7 Å². The number of pyridine rings is 1. The molecule has 2 nitrogen and oxygen atoms in total. The molecule has 0 fully saturated rings. The first-order chi connectivity index (χ1) is 8.56. The second kappa shape index (κ2) is 5.79. The number of nitrogens with zero attached hydrogens (tertiary/aromatic N) is 1. The first-order valence-corrected chi connectivity index (χ1v) is 6.49. The molecule has 18 heavy (non-hydrogen) atoms. The van der Waals surface area contributed by atoms with Crippen LogP contribution in [0.5, 0.6) is 0 Å². The van der Waals surface area contributed by atoms with Crippen molar-refractivity contribution >= 4 is 40.5 Å². The number of benzene rings is 1. The summed E-state index contributed by atoms with van der Waals surface area (Å²) in [4.78, 5) is 4.08. The van der Waals surface area contributed by atoms with E-state index < -0.39 is 0 Å². The maximum absolute atomic E-state index is 6.00. The van der Waals surface area contributed by atoms with Gasteiger partial charge in [-0.3, -0.25) is 0 Å². The SMILES string of the molecule is Cc1cnc(Cl)c(NCc2ccc(Cl)c(Cl)c2)c1. The number of nitrogens with one attached hydrogen (secondary N) is 1. The summed E-state index contributed by atoms with van der Waals surface area (Å²) < 4.78 is 0. The molecule has 0 amide bonds. The van der Waals surface area contributed by atoms with E-state index in [1.54, 1.807) is 12.3 Å². The van der Waals surface area contributed by atoms with Crippen molar-refractivity contribution in [1.29, 1.82) is 0 Å². The number of hydrogen-bond acceptors (Lipinski definition) is 2. The van der Waals surface area contributed by atoms with E-state index in [0.717, 1.165) is 16.8 Å². The van der Waals surface area contributed by atoms with Crippen LogP contribution in [0.1, 0.15) is 11.1 Å². The van der Waals surface area contributed by atoms with Crippen LogP contribution in [-0.4, -0.2) is 4.98 Å². The molecule has 1 aromatic heterocycles. The summed E-state index contributed by atoms with van der Waals surface area (Å²) in [6, 6.07) is 7.47. The minimum atomic E-state index is 0.459. The highest BCUT2D eigenvalue weighted by Gasteiger charge is 2.03. The molecule has 5 heteroatoms. The maximum atomic E-state index is 6.00. The van der Waals surface area contributed by atoms with Gasteiger partial charge in [0.25, 0.3) is 0 Å². The van der Waals surface area contributed by atoms with Crippen molar-refractivity contribution in [2.45, 2.75) is 13.5 Å². The molecule has 0 aliphatic heterocycles. The molecular weight excluding hydrogens is 291 g/mol. The Morgan fingerprint density at radius 1 is 1.11 bits per heavy atom.